The van der Waals surface area contributed by atoms with Gasteiger partial charge in [-0.05, 0) is 140 Å². The summed E-state index contributed by atoms with van der Waals surface area (Å²) in [6.45, 7) is 4.86. The highest BCUT2D eigenvalue weighted by molar-refractivity contribution is 5.95. The second-order valence-electron chi connectivity index (χ2n) is 22.9. The van der Waals surface area contributed by atoms with Gasteiger partial charge in [0.2, 0.25) is 35.4 Å². The molecule has 4 aliphatic rings. The van der Waals surface area contributed by atoms with Crippen molar-refractivity contribution in [3.05, 3.63) is 131 Å². The van der Waals surface area contributed by atoms with Gasteiger partial charge in [0, 0.05) is 25.2 Å². The van der Waals surface area contributed by atoms with Crippen molar-refractivity contribution in [3.8, 4) is 0 Å². The average molecular weight is 1120 g/mol. The summed E-state index contributed by atoms with van der Waals surface area (Å²) in [6, 6.07) is 23.5. The van der Waals surface area contributed by atoms with E-state index < -0.39 is 48.3 Å². The van der Waals surface area contributed by atoms with E-state index in [0.717, 1.165) is 101 Å². The lowest BCUT2D eigenvalue weighted by Crippen LogP contribution is -2.58. The standard InChI is InChI=1S/C62H84N14O6/c1-41(63-3)57(77)65-49-27-13-11-25-47-33-35-53(75(47)61(49)81)59(79)67-55(45-21-7-5-8-22-45)51-39-73(71-69-51)37-17-15-19-43-29-31-44(32-30-43)20-16-18-38-74-40-52(70-72-74)56(46-23-9-6-10-24-46)68-60(80)54-36-34-48-26-12-14-28-50(62(82)76(48)54)66-58(78)42(2)64-4/h5-10,21-24,29-32,39-42,47-50,53-56,63-64H,11-20,25-28,33-38H2,1-4H3,(H,65,77)(H,66,78)(H,67,79)(H,68,80)/t41-,42-,47-,48-,49-,50-,53-,54-,55+,56+/m0/s1. The van der Waals surface area contributed by atoms with E-state index in [1.165, 1.54) is 11.1 Å². The van der Waals surface area contributed by atoms with Gasteiger partial charge in [-0.1, -0.05) is 121 Å². The molecule has 10 atom stereocenters. The maximum absolute atomic E-state index is 14.3. The fourth-order valence-electron chi connectivity index (χ4n) is 12.3. The molecule has 4 fully saturated rings. The van der Waals surface area contributed by atoms with Gasteiger partial charge >= 0.3 is 0 Å². The van der Waals surface area contributed by atoms with Crippen LogP contribution in [0.25, 0.3) is 0 Å². The Bertz CT molecular complexity index is 2720. The first kappa shape index (κ1) is 59.3. The summed E-state index contributed by atoms with van der Waals surface area (Å²) in [4.78, 5) is 86.0. The number of hydrogen-bond acceptors (Lipinski definition) is 12. The summed E-state index contributed by atoms with van der Waals surface area (Å²) >= 11 is 0. The van der Waals surface area contributed by atoms with Crippen molar-refractivity contribution in [2.75, 3.05) is 14.1 Å². The Kier molecular flexibility index (Phi) is 20.7. The third-order valence-electron chi connectivity index (χ3n) is 17.3. The van der Waals surface area contributed by atoms with Crippen molar-refractivity contribution in [2.24, 2.45) is 0 Å². The summed E-state index contributed by atoms with van der Waals surface area (Å²) in [5.74, 6) is -1.31. The quantitative estimate of drug-likeness (QED) is 0.0427. The predicted octanol–water partition coefficient (Wildman–Crippen LogP) is 5.38. The van der Waals surface area contributed by atoms with Crippen LogP contribution in [0.1, 0.15) is 162 Å². The summed E-state index contributed by atoms with van der Waals surface area (Å²) in [5.41, 5.74) is 5.53. The van der Waals surface area contributed by atoms with Crippen LogP contribution in [0.5, 0.6) is 0 Å². The molecule has 0 saturated carbocycles. The molecular weight excluding hydrogens is 1040 g/mol. The van der Waals surface area contributed by atoms with E-state index in [4.69, 9.17) is 0 Å². The second-order valence-corrected chi connectivity index (χ2v) is 22.9. The molecule has 20 heteroatoms. The zero-order chi connectivity index (χ0) is 57.5. The van der Waals surface area contributed by atoms with Gasteiger partial charge in [0.1, 0.15) is 35.6 Å². The highest BCUT2D eigenvalue weighted by Crippen LogP contribution is 2.34. The lowest BCUT2D eigenvalue weighted by Gasteiger charge is -2.36. The smallest absolute Gasteiger partial charge is 0.246 e. The van der Waals surface area contributed by atoms with Gasteiger partial charge in [0.15, 0.2) is 0 Å². The van der Waals surface area contributed by atoms with Crippen LogP contribution in [0.15, 0.2) is 97.3 Å². The Labute approximate surface area is 482 Å². The lowest BCUT2D eigenvalue weighted by atomic mass is 9.98. The number of rotatable bonds is 24. The van der Waals surface area contributed by atoms with Crippen LogP contribution in [-0.2, 0) is 54.7 Å². The fourth-order valence-corrected chi connectivity index (χ4v) is 12.3. The third kappa shape index (κ3) is 14.8. The van der Waals surface area contributed by atoms with Crippen LogP contribution in [0.3, 0.4) is 0 Å². The van der Waals surface area contributed by atoms with E-state index in [1.54, 1.807) is 37.7 Å². The molecule has 0 spiro atoms. The molecule has 4 saturated heterocycles. The van der Waals surface area contributed by atoms with Crippen molar-refractivity contribution in [1.29, 1.82) is 0 Å². The van der Waals surface area contributed by atoms with Gasteiger partial charge in [-0.2, -0.15) is 0 Å². The second kappa shape index (κ2) is 28.6. The topological polar surface area (TPSA) is 242 Å². The molecular formula is C62H84N14O6. The summed E-state index contributed by atoms with van der Waals surface area (Å²) in [7, 11) is 3.43. The lowest BCUT2D eigenvalue weighted by molar-refractivity contribution is -0.144. The zero-order valence-electron chi connectivity index (χ0n) is 48.2. The number of carbonyl (C=O) groups is 6. The van der Waals surface area contributed by atoms with E-state index in [1.807, 2.05) is 82.4 Å². The number of benzene rings is 3. The Morgan fingerprint density at radius 1 is 0.512 bits per heavy atom. The Hall–Kier alpha value is -7.32. The number of nitrogens with one attached hydrogen (secondary N) is 6. The summed E-state index contributed by atoms with van der Waals surface area (Å²) in [5, 5.41) is 36.4. The van der Waals surface area contributed by atoms with E-state index >= 15 is 0 Å². The number of hydrogen-bond donors (Lipinski definition) is 6. The molecule has 0 radical (unpaired) electrons. The molecule has 438 valence electrons. The fraction of sp³-hybridized carbons (Fsp3) is 0.548. The van der Waals surface area contributed by atoms with E-state index in [9.17, 15) is 28.8 Å². The number of aromatic nitrogens is 6. The van der Waals surface area contributed by atoms with Crippen LogP contribution in [0, 0.1) is 0 Å². The van der Waals surface area contributed by atoms with Gasteiger partial charge in [-0.15, -0.1) is 10.2 Å². The van der Waals surface area contributed by atoms with Gasteiger partial charge in [-0.25, -0.2) is 0 Å². The number of aryl methyl sites for hydroxylation is 4. The minimum Gasteiger partial charge on any atom is -0.343 e. The molecule has 0 aliphatic carbocycles. The number of fused-ring (bicyclic) bond motifs is 2. The van der Waals surface area contributed by atoms with Gasteiger partial charge in [0.25, 0.3) is 0 Å². The highest BCUT2D eigenvalue weighted by Gasteiger charge is 2.46. The number of carbonyl (C=O) groups excluding carboxylic acids is 6. The molecule has 6 heterocycles. The van der Waals surface area contributed by atoms with Crippen LogP contribution < -0.4 is 31.9 Å². The number of likely N-dealkylation sites (N-methyl/N-ethyl adjacent to an activating group) is 2. The number of unbranched alkanes of at least 4 members (excludes halogenated alkanes) is 2. The minimum atomic E-state index is -0.676. The number of nitrogens with zero attached hydrogens (tertiary/aromatic N) is 8. The van der Waals surface area contributed by atoms with Crippen LogP contribution in [0.2, 0.25) is 0 Å². The minimum absolute atomic E-state index is 0.0483. The van der Waals surface area contributed by atoms with E-state index in [0.29, 0.717) is 50.2 Å². The van der Waals surface area contributed by atoms with Crippen molar-refractivity contribution >= 4 is 35.4 Å². The highest BCUT2D eigenvalue weighted by atomic mass is 16.2. The Balaban J connectivity index is 0.734. The van der Waals surface area contributed by atoms with Crippen LogP contribution >= 0.6 is 0 Å². The molecule has 9 rings (SSSR count). The van der Waals surface area contributed by atoms with Crippen molar-refractivity contribution in [3.63, 3.8) is 0 Å². The maximum Gasteiger partial charge on any atom is 0.246 e. The summed E-state index contributed by atoms with van der Waals surface area (Å²) in [6.07, 6.45) is 18.2. The molecule has 0 unspecified atom stereocenters. The normalized spacial score (nSPS) is 22.5. The molecule has 3 aromatic carbocycles. The molecule has 5 aromatic rings. The Morgan fingerprint density at radius 2 is 0.902 bits per heavy atom. The van der Waals surface area contributed by atoms with E-state index in [-0.39, 0.29) is 47.5 Å². The molecule has 6 amide bonds. The van der Waals surface area contributed by atoms with Gasteiger partial charge < -0.3 is 41.7 Å². The average Bonchev–Trinajstić information content (AvgIpc) is 4.39. The van der Waals surface area contributed by atoms with Crippen molar-refractivity contribution in [2.45, 2.75) is 203 Å². The summed E-state index contributed by atoms with van der Waals surface area (Å²) < 4.78 is 3.68. The molecule has 4 aliphatic heterocycles. The molecule has 2 aromatic heterocycles. The first-order chi connectivity index (χ1) is 39.9. The van der Waals surface area contributed by atoms with Gasteiger partial charge in [0.05, 0.1) is 36.6 Å². The SMILES string of the molecule is CN[C@@H](C)C(=O)N[C@H]1CCCC[C@H]2CC[C@@H](C(=O)N[C@H](c3ccccc3)c3cn(CCCCc4ccc(CCCCn5cc([C@H](NC(=O)[C@@H]6CC[C@@H]7CCCC[C@H](NC(=O)[C@H](C)NC)C(=O)N76)c6ccccc6)nn5)cc4)nn3)N2C1=O. The molecule has 20 nitrogen and oxygen atoms in total. The first-order valence-corrected chi connectivity index (χ1v) is 30.1. The monoisotopic (exact) mass is 1120 g/mol. The number of amides is 6. The Morgan fingerprint density at radius 3 is 1.29 bits per heavy atom. The first-order valence-electron chi connectivity index (χ1n) is 30.1. The molecule has 0 bridgehead atoms. The van der Waals surface area contributed by atoms with E-state index in [2.05, 4.69) is 76.8 Å². The van der Waals surface area contributed by atoms with Crippen molar-refractivity contribution < 1.29 is 28.8 Å². The predicted molar refractivity (Wildman–Crippen MR) is 310 cm³/mol. The maximum atomic E-state index is 14.3. The van der Waals surface area contributed by atoms with Crippen LogP contribution in [0.4, 0.5) is 0 Å². The molecule has 82 heavy (non-hydrogen) atoms. The zero-order valence-corrected chi connectivity index (χ0v) is 48.2. The molecule has 6 N–H and O–H groups in total. The van der Waals surface area contributed by atoms with Crippen molar-refractivity contribution in [1.82, 2.24) is 71.7 Å². The van der Waals surface area contributed by atoms with Crippen LogP contribution in [-0.4, -0.2) is 138 Å². The van der Waals surface area contributed by atoms with Gasteiger partial charge in [-0.3, -0.25) is 38.1 Å². The third-order valence-corrected chi connectivity index (χ3v) is 17.3. The largest absolute Gasteiger partial charge is 0.343 e.